The molecule has 0 fully saturated rings. The average molecular weight is 417 g/mol. The fourth-order valence-electron chi connectivity index (χ4n) is 3.66. The van der Waals surface area contributed by atoms with Gasteiger partial charge in [0.2, 0.25) is 0 Å². The van der Waals surface area contributed by atoms with Gasteiger partial charge in [0.1, 0.15) is 5.75 Å². The summed E-state index contributed by atoms with van der Waals surface area (Å²) in [6.45, 7) is -0.887. The molecule has 2 aromatic heterocycles. The molecule has 8 heteroatoms. The summed E-state index contributed by atoms with van der Waals surface area (Å²) in [5.74, 6) is -2.31. The fraction of sp³-hybridized carbons (Fsp3) is 0.130. The quantitative estimate of drug-likeness (QED) is 0.392. The number of phenolic OH excluding ortho intramolecular Hbond substituents is 1. The molecule has 0 bridgehead atoms. The number of carbonyl (C=O) groups is 2. The standard InChI is InChI=1S/C23H19N3O5/c27-19-10-15(3-4-16(19)11-26(12-20(28)29)13-21(30)31)17-7-9-25-23-18(17)6-5-14-2-1-8-24-22(14)23/h1-10,27H,11-13H2,(H,28,29)(H,30,31). The van der Waals surface area contributed by atoms with Gasteiger partial charge in [-0.25, -0.2) is 0 Å². The third-order valence-electron chi connectivity index (χ3n) is 4.99. The number of pyridine rings is 2. The van der Waals surface area contributed by atoms with E-state index in [1.54, 1.807) is 24.5 Å². The van der Waals surface area contributed by atoms with Crippen molar-refractivity contribution in [1.29, 1.82) is 0 Å². The molecular weight excluding hydrogens is 398 g/mol. The Morgan fingerprint density at radius 1 is 0.871 bits per heavy atom. The van der Waals surface area contributed by atoms with Crippen LogP contribution in [0, 0.1) is 0 Å². The van der Waals surface area contributed by atoms with Crippen molar-refractivity contribution in [1.82, 2.24) is 14.9 Å². The maximum Gasteiger partial charge on any atom is 0.317 e. The van der Waals surface area contributed by atoms with Crippen LogP contribution < -0.4 is 0 Å². The first-order chi connectivity index (χ1) is 14.9. The second-order valence-corrected chi connectivity index (χ2v) is 7.17. The van der Waals surface area contributed by atoms with Crippen molar-refractivity contribution in [2.45, 2.75) is 6.54 Å². The Labute approximate surface area is 177 Å². The highest BCUT2D eigenvalue weighted by molar-refractivity contribution is 6.08. The minimum absolute atomic E-state index is 0.00361. The van der Waals surface area contributed by atoms with Gasteiger partial charge in [0.25, 0.3) is 0 Å². The molecule has 3 N–H and O–H groups in total. The van der Waals surface area contributed by atoms with Crippen LogP contribution in [0.5, 0.6) is 5.75 Å². The first kappa shape index (κ1) is 20.2. The van der Waals surface area contributed by atoms with Crippen LogP contribution in [0.2, 0.25) is 0 Å². The number of benzene rings is 2. The summed E-state index contributed by atoms with van der Waals surface area (Å²) >= 11 is 0. The van der Waals surface area contributed by atoms with Gasteiger partial charge in [-0.3, -0.25) is 24.5 Å². The van der Waals surface area contributed by atoms with Crippen LogP contribution in [-0.4, -0.2) is 55.2 Å². The van der Waals surface area contributed by atoms with Crippen molar-refractivity contribution in [2.75, 3.05) is 13.1 Å². The van der Waals surface area contributed by atoms with E-state index in [1.807, 2.05) is 36.4 Å². The van der Waals surface area contributed by atoms with Crippen LogP contribution in [0.25, 0.3) is 32.9 Å². The predicted octanol–water partition coefficient (Wildman–Crippen LogP) is 3.13. The van der Waals surface area contributed by atoms with Crippen molar-refractivity contribution >= 4 is 33.7 Å². The van der Waals surface area contributed by atoms with Gasteiger partial charge < -0.3 is 15.3 Å². The monoisotopic (exact) mass is 417 g/mol. The number of hydrogen-bond acceptors (Lipinski definition) is 6. The zero-order valence-electron chi connectivity index (χ0n) is 16.4. The topological polar surface area (TPSA) is 124 Å². The number of nitrogens with zero attached hydrogens (tertiary/aromatic N) is 3. The molecule has 31 heavy (non-hydrogen) atoms. The summed E-state index contributed by atoms with van der Waals surface area (Å²) < 4.78 is 0. The van der Waals surface area contributed by atoms with Gasteiger partial charge in [-0.05, 0) is 29.3 Å². The molecule has 0 atom stereocenters. The Kier molecular flexibility index (Phi) is 5.46. The summed E-state index contributed by atoms with van der Waals surface area (Å²) in [4.78, 5) is 32.2. The first-order valence-corrected chi connectivity index (χ1v) is 9.53. The lowest BCUT2D eigenvalue weighted by atomic mass is 9.98. The van der Waals surface area contributed by atoms with Crippen LogP contribution in [-0.2, 0) is 16.1 Å². The molecule has 2 aromatic carbocycles. The van der Waals surface area contributed by atoms with Crippen molar-refractivity contribution in [2.24, 2.45) is 0 Å². The van der Waals surface area contributed by atoms with Gasteiger partial charge in [0.15, 0.2) is 0 Å². The van der Waals surface area contributed by atoms with Crippen LogP contribution in [0.15, 0.2) is 60.9 Å². The number of aromatic nitrogens is 2. The summed E-state index contributed by atoms with van der Waals surface area (Å²) in [6, 6.07) is 14.7. The van der Waals surface area contributed by atoms with E-state index in [1.165, 1.54) is 4.90 Å². The third-order valence-corrected chi connectivity index (χ3v) is 4.99. The third kappa shape index (κ3) is 4.29. The Morgan fingerprint density at radius 2 is 1.61 bits per heavy atom. The van der Waals surface area contributed by atoms with E-state index in [0.29, 0.717) is 5.56 Å². The van der Waals surface area contributed by atoms with E-state index >= 15 is 0 Å². The lowest BCUT2D eigenvalue weighted by Gasteiger charge is -2.19. The predicted molar refractivity (Wildman–Crippen MR) is 115 cm³/mol. The van der Waals surface area contributed by atoms with Crippen molar-refractivity contribution in [3.63, 3.8) is 0 Å². The molecule has 0 aliphatic rings. The Balaban J connectivity index is 1.71. The smallest absolute Gasteiger partial charge is 0.317 e. The molecule has 0 spiro atoms. The van der Waals surface area contributed by atoms with Crippen molar-refractivity contribution < 1.29 is 24.9 Å². The molecule has 0 saturated heterocycles. The Morgan fingerprint density at radius 3 is 2.32 bits per heavy atom. The van der Waals surface area contributed by atoms with Gasteiger partial charge in [0.05, 0.1) is 24.1 Å². The second-order valence-electron chi connectivity index (χ2n) is 7.17. The molecule has 2 heterocycles. The van der Waals surface area contributed by atoms with Crippen molar-refractivity contribution in [3.05, 3.63) is 66.5 Å². The zero-order valence-corrected chi connectivity index (χ0v) is 16.4. The fourth-order valence-corrected chi connectivity index (χ4v) is 3.66. The summed E-state index contributed by atoms with van der Waals surface area (Å²) in [5.41, 5.74) is 3.62. The van der Waals surface area contributed by atoms with Gasteiger partial charge in [-0.15, -0.1) is 0 Å². The van der Waals surface area contributed by atoms with Gasteiger partial charge >= 0.3 is 11.9 Å². The highest BCUT2D eigenvalue weighted by Crippen LogP contribution is 2.33. The molecule has 0 aliphatic carbocycles. The molecule has 4 aromatic rings. The van der Waals surface area contributed by atoms with Crippen LogP contribution in [0.4, 0.5) is 0 Å². The van der Waals surface area contributed by atoms with E-state index in [4.69, 9.17) is 10.2 Å². The molecule has 8 nitrogen and oxygen atoms in total. The van der Waals surface area contributed by atoms with Crippen LogP contribution in [0.3, 0.4) is 0 Å². The minimum Gasteiger partial charge on any atom is -0.508 e. The number of phenols is 1. The van der Waals surface area contributed by atoms with E-state index in [0.717, 1.165) is 32.9 Å². The Hall–Kier alpha value is -4.04. The lowest BCUT2D eigenvalue weighted by molar-refractivity contribution is -0.142. The second kappa shape index (κ2) is 8.37. The highest BCUT2D eigenvalue weighted by atomic mass is 16.4. The zero-order chi connectivity index (χ0) is 22.0. The van der Waals surface area contributed by atoms with Gasteiger partial charge in [-0.1, -0.05) is 30.3 Å². The number of hydrogen-bond donors (Lipinski definition) is 3. The summed E-state index contributed by atoms with van der Waals surface area (Å²) in [5, 5.41) is 30.4. The van der Waals surface area contributed by atoms with E-state index in [-0.39, 0.29) is 12.3 Å². The molecule has 156 valence electrons. The van der Waals surface area contributed by atoms with Gasteiger partial charge in [0, 0.05) is 35.3 Å². The normalized spacial score (nSPS) is 11.3. The number of fused-ring (bicyclic) bond motifs is 3. The molecule has 0 saturated carbocycles. The van der Waals surface area contributed by atoms with E-state index in [9.17, 15) is 14.7 Å². The maximum absolute atomic E-state index is 11.0. The van der Waals surface area contributed by atoms with Crippen LogP contribution >= 0.6 is 0 Å². The lowest BCUT2D eigenvalue weighted by Crippen LogP contribution is -2.33. The highest BCUT2D eigenvalue weighted by Gasteiger charge is 2.17. The minimum atomic E-state index is -1.14. The number of carboxylic acid groups (broad SMARTS) is 2. The van der Waals surface area contributed by atoms with Crippen LogP contribution in [0.1, 0.15) is 5.56 Å². The van der Waals surface area contributed by atoms with Crippen molar-refractivity contribution in [3.8, 4) is 16.9 Å². The first-order valence-electron chi connectivity index (χ1n) is 9.53. The molecule has 0 radical (unpaired) electrons. The number of carboxylic acids is 2. The largest absolute Gasteiger partial charge is 0.508 e. The van der Waals surface area contributed by atoms with E-state index in [2.05, 4.69) is 9.97 Å². The number of aliphatic carboxylic acids is 2. The molecule has 0 unspecified atom stereocenters. The maximum atomic E-state index is 11.0. The molecule has 0 aliphatic heterocycles. The molecule has 0 amide bonds. The van der Waals surface area contributed by atoms with E-state index < -0.39 is 25.0 Å². The SMILES string of the molecule is O=C(O)CN(CC(=O)O)Cc1ccc(-c2ccnc3c2ccc2cccnc23)cc1O. The van der Waals surface area contributed by atoms with Gasteiger partial charge in [-0.2, -0.15) is 0 Å². The molecular formula is C23H19N3O5. The number of aromatic hydroxyl groups is 1. The summed E-state index contributed by atoms with van der Waals surface area (Å²) in [6.07, 6.45) is 3.41. The Bertz CT molecular complexity index is 1290. The molecule has 4 rings (SSSR count). The number of rotatable bonds is 7. The average Bonchev–Trinajstić information content (AvgIpc) is 2.73. The summed E-state index contributed by atoms with van der Waals surface area (Å²) in [7, 11) is 0.